The predicted molar refractivity (Wildman–Crippen MR) is 131 cm³/mol. The predicted octanol–water partition coefficient (Wildman–Crippen LogP) is 4.75. The molecule has 10 heteroatoms. The Morgan fingerprint density at radius 2 is 1.73 bits per heavy atom. The molecule has 3 aromatic carbocycles. The van der Waals surface area contributed by atoms with E-state index < -0.39 is 15.9 Å². The van der Waals surface area contributed by atoms with Crippen molar-refractivity contribution in [2.45, 2.75) is 11.8 Å². The minimum absolute atomic E-state index is 0.103. The molecule has 0 aliphatic rings. The Labute approximate surface area is 200 Å². The number of nitrogens with zero attached hydrogens (tertiary/aromatic N) is 2. The summed E-state index contributed by atoms with van der Waals surface area (Å²) in [7, 11) is -0.428. The standard InChI is InChI=1S/C23H20ClN3O4S2/c1-14-19(24)12-13-20-21(14)27(2)23(32-20)25-22(28)15-4-6-16(7-5-15)26-33(29,30)18-10-8-17(31-3)9-11-18/h4-13,26H,1-3H3. The Morgan fingerprint density at radius 1 is 1.06 bits per heavy atom. The molecule has 7 nitrogen and oxygen atoms in total. The van der Waals surface area contributed by atoms with E-state index in [0.717, 1.165) is 15.8 Å². The SMILES string of the molecule is COc1ccc(S(=O)(=O)Nc2ccc(C(=O)N=c3sc4ccc(Cl)c(C)c4n3C)cc2)cc1. The Morgan fingerprint density at radius 3 is 2.36 bits per heavy atom. The van der Waals surface area contributed by atoms with Crippen LogP contribution < -0.4 is 14.3 Å². The maximum atomic E-state index is 12.7. The third kappa shape index (κ3) is 4.66. The number of fused-ring (bicyclic) bond motifs is 1. The number of anilines is 1. The van der Waals surface area contributed by atoms with Gasteiger partial charge < -0.3 is 9.30 Å². The molecule has 0 fully saturated rings. The van der Waals surface area contributed by atoms with Crippen LogP contribution in [-0.4, -0.2) is 26.0 Å². The Hall–Kier alpha value is -3.14. The van der Waals surface area contributed by atoms with Crippen LogP contribution in [0.15, 0.2) is 70.6 Å². The Balaban J connectivity index is 1.57. The fourth-order valence-electron chi connectivity index (χ4n) is 3.31. The fourth-order valence-corrected chi connectivity index (χ4v) is 5.60. The molecular weight excluding hydrogens is 482 g/mol. The molecule has 1 N–H and O–H groups in total. The topological polar surface area (TPSA) is 89.8 Å². The molecule has 33 heavy (non-hydrogen) atoms. The van der Waals surface area contributed by atoms with Crippen LogP contribution >= 0.6 is 22.9 Å². The number of sulfonamides is 1. The number of hydrogen-bond acceptors (Lipinski definition) is 5. The lowest BCUT2D eigenvalue weighted by Gasteiger charge is -2.09. The van der Waals surface area contributed by atoms with Gasteiger partial charge in [-0.1, -0.05) is 22.9 Å². The monoisotopic (exact) mass is 501 g/mol. The number of methoxy groups -OCH3 is 1. The summed E-state index contributed by atoms with van der Waals surface area (Å²) in [4.78, 5) is 17.6. The quantitative estimate of drug-likeness (QED) is 0.427. The van der Waals surface area contributed by atoms with Gasteiger partial charge in [0.1, 0.15) is 5.75 Å². The van der Waals surface area contributed by atoms with Gasteiger partial charge >= 0.3 is 0 Å². The molecule has 0 saturated carbocycles. The van der Waals surface area contributed by atoms with Gasteiger partial charge in [-0.2, -0.15) is 4.99 Å². The molecule has 0 saturated heterocycles. The molecule has 0 aliphatic carbocycles. The highest BCUT2D eigenvalue weighted by molar-refractivity contribution is 7.92. The molecule has 1 aromatic heterocycles. The van der Waals surface area contributed by atoms with Crippen molar-refractivity contribution in [2.24, 2.45) is 12.0 Å². The van der Waals surface area contributed by atoms with Crippen LogP contribution in [0.3, 0.4) is 0 Å². The van der Waals surface area contributed by atoms with E-state index in [-0.39, 0.29) is 4.90 Å². The summed E-state index contributed by atoms with van der Waals surface area (Å²) in [6, 6.07) is 15.9. The van der Waals surface area contributed by atoms with Crippen LogP contribution in [0, 0.1) is 6.92 Å². The number of amides is 1. The van der Waals surface area contributed by atoms with E-state index in [1.165, 1.54) is 54.8 Å². The van der Waals surface area contributed by atoms with Crippen molar-refractivity contribution in [1.82, 2.24) is 4.57 Å². The molecule has 0 bridgehead atoms. The summed E-state index contributed by atoms with van der Waals surface area (Å²) >= 11 is 7.62. The van der Waals surface area contributed by atoms with Crippen LogP contribution in [0.1, 0.15) is 15.9 Å². The van der Waals surface area contributed by atoms with Crippen molar-refractivity contribution in [3.05, 3.63) is 81.6 Å². The van der Waals surface area contributed by atoms with Crippen molar-refractivity contribution in [1.29, 1.82) is 0 Å². The van der Waals surface area contributed by atoms with Crippen LogP contribution in [0.25, 0.3) is 10.2 Å². The third-order valence-corrected chi connectivity index (χ3v) is 8.01. The van der Waals surface area contributed by atoms with E-state index >= 15 is 0 Å². The van der Waals surface area contributed by atoms with Gasteiger partial charge in [0.05, 0.1) is 22.2 Å². The summed E-state index contributed by atoms with van der Waals surface area (Å²) < 4.78 is 35.6. The second kappa shape index (κ2) is 9.01. The van der Waals surface area contributed by atoms with E-state index in [2.05, 4.69) is 9.71 Å². The zero-order chi connectivity index (χ0) is 23.8. The molecule has 0 unspecified atom stereocenters. The summed E-state index contributed by atoms with van der Waals surface area (Å²) in [5, 5.41) is 0.654. The molecular formula is C23H20ClN3O4S2. The molecule has 0 radical (unpaired) electrons. The number of aryl methyl sites for hydroxylation is 2. The van der Waals surface area contributed by atoms with Gasteiger partial charge in [0.15, 0.2) is 4.80 Å². The van der Waals surface area contributed by atoms with Crippen molar-refractivity contribution in [2.75, 3.05) is 11.8 Å². The molecule has 170 valence electrons. The fraction of sp³-hybridized carbons (Fsp3) is 0.130. The van der Waals surface area contributed by atoms with E-state index in [9.17, 15) is 13.2 Å². The van der Waals surface area contributed by atoms with Gasteiger partial charge in [-0.25, -0.2) is 8.42 Å². The van der Waals surface area contributed by atoms with Crippen molar-refractivity contribution >= 4 is 54.8 Å². The average molecular weight is 502 g/mol. The highest BCUT2D eigenvalue weighted by atomic mass is 35.5. The average Bonchev–Trinajstić information content (AvgIpc) is 3.12. The number of ether oxygens (including phenoxy) is 1. The van der Waals surface area contributed by atoms with E-state index in [1.54, 1.807) is 12.1 Å². The lowest BCUT2D eigenvalue weighted by molar-refractivity contribution is 0.0998. The molecule has 0 spiro atoms. The number of benzene rings is 3. The lowest BCUT2D eigenvalue weighted by atomic mass is 10.2. The number of carbonyl (C=O) groups is 1. The zero-order valence-electron chi connectivity index (χ0n) is 18.0. The number of hydrogen-bond donors (Lipinski definition) is 1. The van der Waals surface area contributed by atoms with Crippen LogP contribution in [-0.2, 0) is 17.1 Å². The first-order valence-corrected chi connectivity index (χ1v) is 12.5. The third-order valence-electron chi connectivity index (χ3n) is 5.10. The van der Waals surface area contributed by atoms with Gasteiger partial charge in [-0.15, -0.1) is 0 Å². The van der Waals surface area contributed by atoms with Gasteiger partial charge in [0.25, 0.3) is 15.9 Å². The smallest absolute Gasteiger partial charge is 0.279 e. The lowest BCUT2D eigenvalue weighted by Crippen LogP contribution is -2.14. The van der Waals surface area contributed by atoms with Crippen LogP contribution in [0.2, 0.25) is 5.02 Å². The van der Waals surface area contributed by atoms with Gasteiger partial charge in [-0.3, -0.25) is 9.52 Å². The summed E-state index contributed by atoms with van der Waals surface area (Å²) in [6.07, 6.45) is 0. The first-order valence-electron chi connectivity index (χ1n) is 9.80. The van der Waals surface area contributed by atoms with Crippen molar-refractivity contribution in [3.63, 3.8) is 0 Å². The maximum Gasteiger partial charge on any atom is 0.279 e. The highest BCUT2D eigenvalue weighted by Crippen LogP contribution is 2.26. The molecule has 4 rings (SSSR count). The van der Waals surface area contributed by atoms with Crippen LogP contribution in [0.5, 0.6) is 5.75 Å². The largest absolute Gasteiger partial charge is 0.497 e. The second-order valence-electron chi connectivity index (χ2n) is 7.24. The number of aromatic nitrogens is 1. The van der Waals surface area contributed by atoms with Gasteiger partial charge in [0, 0.05) is 23.3 Å². The Bertz CT molecular complexity index is 1520. The minimum atomic E-state index is -3.77. The molecule has 0 aliphatic heterocycles. The number of nitrogens with one attached hydrogen (secondary N) is 1. The van der Waals surface area contributed by atoms with Gasteiger partial charge in [0.2, 0.25) is 0 Å². The minimum Gasteiger partial charge on any atom is -0.497 e. The summed E-state index contributed by atoms with van der Waals surface area (Å²) in [5.74, 6) is 0.135. The molecule has 4 aromatic rings. The van der Waals surface area contributed by atoms with Crippen LogP contribution in [0.4, 0.5) is 5.69 Å². The maximum absolute atomic E-state index is 12.7. The van der Waals surface area contributed by atoms with E-state index in [4.69, 9.17) is 16.3 Å². The molecule has 0 atom stereocenters. The van der Waals surface area contributed by atoms with Crippen molar-refractivity contribution < 1.29 is 17.9 Å². The number of thiazole rings is 1. The Kier molecular flexibility index (Phi) is 6.29. The molecule has 1 amide bonds. The first-order chi connectivity index (χ1) is 15.7. The van der Waals surface area contributed by atoms with Crippen molar-refractivity contribution in [3.8, 4) is 5.75 Å². The number of carbonyl (C=O) groups excluding carboxylic acids is 1. The summed E-state index contributed by atoms with van der Waals surface area (Å²) in [5.41, 5.74) is 2.53. The number of rotatable bonds is 5. The first kappa shape index (κ1) is 23.0. The second-order valence-corrected chi connectivity index (χ2v) is 10.3. The summed E-state index contributed by atoms with van der Waals surface area (Å²) in [6.45, 7) is 1.93. The molecule has 1 heterocycles. The number of halogens is 1. The van der Waals surface area contributed by atoms with Gasteiger partial charge in [-0.05, 0) is 73.2 Å². The van der Waals surface area contributed by atoms with E-state index in [0.29, 0.717) is 26.8 Å². The highest BCUT2D eigenvalue weighted by Gasteiger charge is 2.15. The normalized spacial score (nSPS) is 12.2. The van der Waals surface area contributed by atoms with E-state index in [1.807, 2.05) is 30.7 Å². The zero-order valence-corrected chi connectivity index (χ0v) is 20.4.